The first-order chi connectivity index (χ1) is 7.49. The molecule has 3 nitrogen and oxygen atoms in total. The molecule has 0 radical (unpaired) electrons. The van der Waals surface area contributed by atoms with Crippen LogP contribution in [0.4, 0.5) is 0 Å². The van der Waals surface area contributed by atoms with Gasteiger partial charge in [0.1, 0.15) is 10.3 Å². The molecule has 4 heteroatoms. The van der Waals surface area contributed by atoms with Crippen molar-refractivity contribution in [2.45, 2.75) is 32.2 Å². The van der Waals surface area contributed by atoms with Crippen LogP contribution in [0, 0.1) is 5.92 Å². The second-order valence-electron chi connectivity index (χ2n) is 4.80. The molecule has 0 saturated heterocycles. The summed E-state index contributed by atoms with van der Waals surface area (Å²) in [5.74, 6) is 0.516. The van der Waals surface area contributed by atoms with E-state index in [2.05, 4.69) is 40.1 Å². The topological polar surface area (TPSA) is 42.0 Å². The minimum Gasteiger partial charge on any atom is -0.346 e. The van der Waals surface area contributed by atoms with Gasteiger partial charge in [-0.25, -0.2) is 4.98 Å². The second-order valence-corrected chi connectivity index (χ2v) is 5.61. The van der Waals surface area contributed by atoms with Crippen LogP contribution in [0.5, 0.6) is 0 Å². The average molecular weight is 283 g/mol. The normalized spacial score (nSPS) is 15.9. The van der Waals surface area contributed by atoms with E-state index < -0.39 is 0 Å². The van der Waals surface area contributed by atoms with Crippen molar-refractivity contribution in [2.75, 3.05) is 0 Å². The Morgan fingerprint density at radius 3 is 2.75 bits per heavy atom. The molecule has 1 aromatic rings. The Kier molecular flexibility index (Phi) is 3.02. The second kappa shape index (κ2) is 4.17. The van der Waals surface area contributed by atoms with Crippen molar-refractivity contribution in [3.8, 4) is 0 Å². The molecular formula is C12H15BrN2O. The molecule has 1 saturated carbocycles. The van der Waals surface area contributed by atoms with Crippen molar-refractivity contribution in [1.29, 1.82) is 0 Å². The fourth-order valence-corrected chi connectivity index (χ4v) is 2.14. The molecule has 0 aromatic carbocycles. The highest BCUT2D eigenvalue weighted by molar-refractivity contribution is 9.10. The van der Waals surface area contributed by atoms with Crippen LogP contribution in [0.2, 0.25) is 0 Å². The summed E-state index contributed by atoms with van der Waals surface area (Å²) in [5.41, 5.74) is 0.337. The number of nitrogens with one attached hydrogen (secondary N) is 1. The van der Waals surface area contributed by atoms with Crippen molar-refractivity contribution >= 4 is 21.8 Å². The zero-order chi connectivity index (χ0) is 11.8. The number of carbonyl (C=O) groups is 1. The predicted molar refractivity (Wildman–Crippen MR) is 66.2 cm³/mol. The van der Waals surface area contributed by atoms with Gasteiger partial charge in [-0.05, 0) is 60.7 Å². The summed E-state index contributed by atoms with van der Waals surface area (Å²) < 4.78 is 0.685. The number of aromatic nitrogens is 1. The number of carbonyl (C=O) groups excluding carboxylic acids is 1. The maximum absolute atomic E-state index is 12.0. The molecule has 1 amide bonds. The fourth-order valence-electron chi connectivity index (χ4n) is 1.80. The van der Waals surface area contributed by atoms with Crippen molar-refractivity contribution in [2.24, 2.45) is 5.92 Å². The van der Waals surface area contributed by atoms with E-state index in [1.165, 1.54) is 12.8 Å². The number of halogens is 1. The smallest absolute Gasteiger partial charge is 0.270 e. The third kappa shape index (κ3) is 2.61. The first-order valence-electron chi connectivity index (χ1n) is 5.44. The maximum atomic E-state index is 12.0. The van der Waals surface area contributed by atoms with Crippen LogP contribution >= 0.6 is 15.9 Å². The molecular weight excluding hydrogens is 268 g/mol. The maximum Gasteiger partial charge on any atom is 0.270 e. The Labute approximate surface area is 104 Å². The van der Waals surface area contributed by atoms with Gasteiger partial charge in [0.2, 0.25) is 0 Å². The molecule has 0 spiro atoms. The summed E-state index contributed by atoms with van der Waals surface area (Å²) in [6, 6.07) is 5.35. The number of rotatable bonds is 3. The molecule has 2 rings (SSSR count). The summed E-state index contributed by atoms with van der Waals surface area (Å²) in [6.45, 7) is 4.14. The highest BCUT2D eigenvalue weighted by Crippen LogP contribution is 2.39. The number of hydrogen-bond acceptors (Lipinski definition) is 2. The first kappa shape index (κ1) is 11.6. The molecule has 1 aliphatic carbocycles. The fraction of sp³-hybridized carbons (Fsp3) is 0.500. The van der Waals surface area contributed by atoms with Crippen molar-refractivity contribution in [1.82, 2.24) is 10.3 Å². The molecule has 0 unspecified atom stereocenters. The van der Waals surface area contributed by atoms with Gasteiger partial charge in [0, 0.05) is 5.54 Å². The van der Waals surface area contributed by atoms with E-state index in [0.717, 1.165) is 0 Å². The predicted octanol–water partition coefficient (Wildman–Crippen LogP) is 2.76. The van der Waals surface area contributed by atoms with E-state index >= 15 is 0 Å². The van der Waals surface area contributed by atoms with Crippen molar-refractivity contribution < 1.29 is 4.79 Å². The largest absolute Gasteiger partial charge is 0.346 e. The number of pyridine rings is 1. The molecule has 0 aliphatic heterocycles. The lowest BCUT2D eigenvalue weighted by atomic mass is 9.98. The van der Waals surface area contributed by atoms with E-state index in [0.29, 0.717) is 16.2 Å². The summed E-state index contributed by atoms with van der Waals surface area (Å²) in [6.07, 6.45) is 2.42. The molecule has 1 aliphatic rings. The number of hydrogen-bond donors (Lipinski definition) is 1. The molecule has 86 valence electrons. The zero-order valence-electron chi connectivity index (χ0n) is 9.46. The Morgan fingerprint density at radius 1 is 1.50 bits per heavy atom. The molecule has 1 fully saturated rings. The third-order valence-corrected chi connectivity index (χ3v) is 3.42. The molecule has 0 bridgehead atoms. The van der Waals surface area contributed by atoms with Gasteiger partial charge in [-0.3, -0.25) is 4.79 Å². The summed E-state index contributed by atoms with van der Waals surface area (Å²) in [5, 5.41) is 3.04. The Morgan fingerprint density at radius 2 is 2.19 bits per heavy atom. The lowest BCUT2D eigenvalue weighted by Crippen LogP contribution is -2.45. The minimum absolute atomic E-state index is 0.0989. The van der Waals surface area contributed by atoms with Crippen LogP contribution in [0.3, 0.4) is 0 Å². The standard InChI is InChI=1S/C12H15BrN2O/c1-12(2,8-6-7-8)15-11(16)9-4-3-5-10(13)14-9/h3-5,8H,6-7H2,1-2H3,(H,15,16). The van der Waals surface area contributed by atoms with Crippen LogP contribution in [-0.2, 0) is 0 Å². The van der Waals surface area contributed by atoms with E-state index in [-0.39, 0.29) is 11.4 Å². The van der Waals surface area contributed by atoms with Gasteiger partial charge in [-0.1, -0.05) is 6.07 Å². The summed E-state index contributed by atoms with van der Waals surface area (Å²) >= 11 is 3.26. The monoisotopic (exact) mass is 282 g/mol. The lowest BCUT2D eigenvalue weighted by Gasteiger charge is -2.25. The Hall–Kier alpha value is -0.900. The van der Waals surface area contributed by atoms with Gasteiger partial charge in [-0.2, -0.15) is 0 Å². The Balaban J connectivity index is 2.08. The average Bonchev–Trinajstić information content (AvgIpc) is 3.00. The van der Waals surface area contributed by atoms with Gasteiger partial charge in [0.05, 0.1) is 0 Å². The SMILES string of the molecule is CC(C)(NC(=O)c1cccc(Br)n1)C1CC1. The van der Waals surface area contributed by atoms with E-state index in [9.17, 15) is 4.79 Å². The van der Waals surface area contributed by atoms with Gasteiger partial charge in [-0.15, -0.1) is 0 Å². The van der Waals surface area contributed by atoms with Gasteiger partial charge < -0.3 is 5.32 Å². The van der Waals surface area contributed by atoms with Gasteiger partial charge in [0.25, 0.3) is 5.91 Å². The van der Waals surface area contributed by atoms with E-state index in [1.54, 1.807) is 6.07 Å². The quantitative estimate of drug-likeness (QED) is 0.867. The number of nitrogens with zero attached hydrogens (tertiary/aromatic N) is 1. The first-order valence-corrected chi connectivity index (χ1v) is 6.23. The number of amides is 1. The van der Waals surface area contributed by atoms with Gasteiger partial charge >= 0.3 is 0 Å². The van der Waals surface area contributed by atoms with Crippen LogP contribution in [0.1, 0.15) is 37.2 Å². The summed E-state index contributed by atoms with van der Waals surface area (Å²) in [4.78, 5) is 16.1. The van der Waals surface area contributed by atoms with Crippen LogP contribution in [0.15, 0.2) is 22.8 Å². The Bertz CT molecular complexity index is 413. The molecule has 1 heterocycles. The molecule has 1 aromatic heterocycles. The lowest BCUT2D eigenvalue weighted by molar-refractivity contribution is 0.0898. The minimum atomic E-state index is -0.124. The zero-order valence-corrected chi connectivity index (χ0v) is 11.0. The molecule has 16 heavy (non-hydrogen) atoms. The van der Waals surface area contributed by atoms with E-state index in [1.807, 2.05) is 12.1 Å². The van der Waals surface area contributed by atoms with Crippen molar-refractivity contribution in [3.05, 3.63) is 28.5 Å². The highest BCUT2D eigenvalue weighted by atomic mass is 79.9. The molecule has 0 atom stereocenters. The highest BCUT2D eigenvalue weighted by Gasteiger charge is 2.38. The molecule has 1 N–H and O–H groups in total. The van der Waals surface area contributed by atoms with Crippen LogP contribution < -0.4 is 5.32 Å². The van der Waals surface area contributed by atoms with Crippen LogP contribution in [0.25, 0.3) is 0 Å². The van der Waals surface area contributed by atoms with Gasteiger partial charge in [0.15, 0.2) is 0 Å². The summed E-state index contributed by atoms with van der Waals surface area (Å²) in [7, 11) is 0. The van der Waals surface area contributed by atoms with Crippen molar-refractivity contribution in [3.63, 3.8) is 0 Å². The third-order valence-electron chi connectivity index (χ3n) is 2.98. The van der Waals surface area contributed by atoms with Crippen LogP contribution in [-0.4, -0.2) is 16.4 Å². The van der Waals surface area contributed by atoms with E-state index in [4.69, 9.17) is 0 Å².